The maximum Gasteiger partial charge on any atom is 0.174 e. The van der Waals surface area contributed by atoms with E-state index in [9.17, 15) is 0 Å². The minimum absolute atomic E-state index is 0.771. The molecule has 1 aromatic heterocycles. The molecule has 2 rings (SSSR count). The third kappa shape index (κ3) is 2.96. The molecule has 0 spiro atoms. The maximum atomic E-state index is 5.68. The number of anilines is 1. The van der Waals surface area contributed by atoms with E-state index in [2.05, 4.69) is 26.1 Å². The Hall–Kier alpha value is -0.590. The average molecular weight is 316 g/mol. The van der Waals surface area contributed by atoms with E-state index >= 15 is 0 Å². The van der Waals surface area contributed by atoms with Crippen molar-refractivity contribution in [1.82, 2.24) is 10.2 Å². The Labute approximate surface area is 111 Å². The SMILES string of the molecule is Cc1nnc(SCc2ccc(N)cc2Br)s1. The summed E-state index contributed by atoms with van der Waals surface area (Å²) in [6.45, 7) is 1.96. The van der Waals surface area contributed by atoms with Gasteiger partial charge in [-0.25, -0.2) is 0 Å². The fourth-order valence-corrected chi connectivity index (χ4v) is 3.70. The zero-order valence-electron chi connectivity index (χ0n) is 8.61. The van der Waals surface area contributed by atoms with Gasteiger partial charge >= 0.3 is 0 Å². The van der Waals surface area contributed by atoms with E-state index in [0.29, 0.717) is 0 Å². The second kappa shape index (κ2) is 5.16. The molecule has 0 aliphatic carbocycles. The van der Waals surface area contributed by atoms with Crippen molar-refractivity contribution in [2.75, 3.05) is 5.73 Å². The van der Waals surface area contributed by atoms with E-state index in [0.717, 1.165) is 25.3 Å². The van der Waals surface area contributed by atoms with Crippen LogP contribution in [0.1, 0.15) is 10.6 Å². The molecule has 2 aromatic rings. The van der Waals surface area contributed by atoms with Crippen LogP contribution < -0.4 is 5.73 Å². The van der Waals surface area contributed by atoms with E-state index in [1.807, 2.05) is 25.1 Å². The molecule has 0 fully saturated rings. The summed E-state index contributed by atoms with van der Waals surface area (Å²) in [6.07, 6.45) is 0. The van der Waals surface area contributed by atoms with Crippen molar-refractivity contribution >= 4 is 44.7 Å². The summed E-state index contributed by atoms with van der Waals surface area (Å²) >= 11 is 6.81. The van der Waals surface area contributed by atoms with Gasteiger partial charge in [-0.3, -0.25) is 0 Å². The molecule has 6 heteroatoms. The summed E-state index contributed by atoms with van der Waals surface area (Å²) in [6, 6.07) is 5.85. The van der Waals surface area contributed by atoms with Crippen molar-refractivity contribution in [3.8, 4) is 0 Å². The Bertz CT molecular complexity index is 499. The summed E-state index contributed by atoms with van der Waals surface area (Å²) in [5.41, 5.74) is 7.67. The first-order valence-electron chi connectivity index (χ1n) is 4.62. The van der Waals surface area contributed by atoms with Crippen molar-refractivity contribution in [3.05, 3.63) is 33.2 Å². The number of halogens is 1. The maximum absolute atomic E-state index is 5.68. The van der Waals surface area contributed by atoms with Gasteiger partial charge in [0, 0.05) is 15.9 Å². The highest BCUT2D eigenvalue weighted by Gasteiger charge is 2.04. The first-order chi connectivity index (χ1) is 7.65. The van der Waals surface area contributed by atoms with Gasteiger partial charge in [0.1, 0.15) is 5.01 Å². The van der Waals surface area contributed by atoms with Crippen LogP contribution in [0.3, 0.4) is 0 Å². The molecule has 0 bridgehead atoms. The van der Waals surface area contributed by atoms with Crippen molar-refractivity contribution in [2.45, 2.75) is 17.0 Å². The zero-order chi connectivity index (χ0) is 11.5. The van der Waals surface area contributed by atoms with Crippen LogP contribution in [0.4, 0.5) is 5.69 Å². The van der Waals surface area contributed by atoms with Crippen LogP contribution in [0.15, 0.2) is 27.0 Å². The second-order valence-corrected chi connectivity index (χ2v) is 6.48. The van der Waals surface area contributed by atoms with Crippen molar-refractivity contribution in [3.63, 3.8) is 0 Å². The Kier molecular flexibility index (Phi) is 3.83. The lowest BCUT2D eigenvalue weighted by atomic mass is 10.2. The Morgan fingerprint density at radius 2 is 2.25 bits per heavy atom. The molecular formula is C10H10BrN3S2. The Morgan fingerprint density at radius 3 is 2.88 bits per heavy atom. The summed E-state index contributed by atoms with van der Waals surface area (Å²) in [5.74, 6) is 0.871. The quantitative estimate of drug-likeness (QED) is 0.696. The monoisotopic (exact) mass is 315 g/mol. The predicted octanol–water partition coefficient (Wildman–Crippen LogP) is 3.48. The van der Waals surface area contributed by atoms with E-state index in [1.165, 1.54) is 5.56 Å². The minimum atomic E-state index is 0.771. The first kappa shape index (κ1) is 11.9. The highest BCUT2D eigenvalue weighted by molar-refractivity contribution is 9.10. The number of hydrogen-bond acceptors (Lipinski definition) is 5. The van der Waals surface area contributed by atoms with Crippen LogP contribution in [0.5, 0.6) is 0 Å². The number of hydrogen-bond donors (Lipinski definition) is 1. The van der Waals surface area contributed by atoms with Gasteiger partial charge in [0.25, 0.3) is 0 Å². The topological polar surface area (TPSA) is 51.8 Å². The number of benzene rings is 1. The lowest BCUT2D eigenvalue weighted by molar-refractivity contribution is 0.983. The van der Waals surface area contributed by atoms with Gasteiger partial charge in [0.2, 0.25) is 0 Å². The van der Waals surface area contributed by atoms with Crippen LogP contribution >= 0.6 is 39.0 Å². The van der Waals surface area contributed by atoms with Gasteiger partial charge in [-0.2, -0.15) is 0 Å². The van der Waals surface area contributed by atoms with Crippen molar-refractivity contribution in [1.29, 1.82) is 0 Å². The molecule has 0 atom stereocenters. The van der Waals surface area contributed by atoms with E-state index in [4.69, 9.17) is 5.73 Å². The van der Waals surface area contributed by atoms with Crippen LogP contribution in [-0.4, -0.2) is 10.2 Å². The molecule has 0 aliphatic heterocycles. The number of nitrogen functional groups attached to an aromatic ring is 1. The van der Waals surface area contributed by atoms with Gasteiger partial charge in [-0.05, 0) is 24.6 Å². The third-order valence-corrected chi connectivity index (χ3v) is 4.69. The van der Waals surface area contributed by atoms with Crippen molar-refractivity contribution < 1.29 is 0 Å². The lowest BCUT2D eigenvalue weighted by Crippen LogP contribution is -1.88. The largest absolute Gasteiger partial charge is 0.399 e. The molecule has 2 N–H and O–H groups in total. The van der Waals surface area contributed by atoms with Crippen LogP contribution in [0.25, 0.3) is 0 Å². The number of aromatic nitrogens is 2. The molecule has 0 unspecified atom stereocenters. The van der Waals surface area contributed by atoms with Crippen LogP contribution in [-0.2, 0) is 5.75 Å². The molecule has 0 radical (unpaired) electrons. The number of thioether (sulfide) groups is 1. The molecule has 16 heavy (non-hydrogen) atoms. The van der Waals surface area contributed by atoms with Crippen LogP contribution in [0.2, 0.25) is 0 Å². The number of nitrogens with zero attached hydrogens (tertiary/aromatic N) is 2. The van der Waals surface area contributed by atoms with E-state index in [1.54, 1.807) is 23.1 Å². The van der Waals surface area contributed by atoms with Gasteiger partial charge in [0.05, 0.1) is 0 Å². The highest BCUT2D eigenvalue weighted by Crippen LogP contribution is 2.29. The molecule has 1 aromatic carbocycles. The van der Waals surface area contributed by atoms with Gasteiger partial charge in [-0.15, -0.1) is 10.2 Å². The molecule has 84 valence electrons. The normalized spacial score (nSPS) is 10.6. The summed E-state index contributed by atoms with van der Waals surface area (Å²) in [5, 5.41) is 9.05. The molecule has 0 saturated carbocycles. The fraction of sp³-hybridized carbons (Fsp3) is 0.200. The molecule has 1 heterocycles. The third-order valence-electron chi connectivity index (χ3n) is 1.94. The summed E-state index contributed by atoms with van der Waals surface area (Å²) in [4.78, 5) is 0. The zero-order valence-corrected chi connectivity index (χ0v) is 11.8. The number of aryl methyl sites for hydroxylation is 1. The summed E-state index contributed by atoms with van der Waals surface area (Å²) < 4.78 is 2.04. The smallest absolute Gasteiger partial charge is 0.174 e. The Balaban J connectivity index is 2.04. The standard InChI is InChI=1S/C10H10BrN3S2/c1-6-13-14-10(16-6)15-5-7-2-3-8(12)4-9(7)11/h2-4H,5,12H2,1H3. The second-order valence-electron chi connectivity index (χ2n) is 3.23. The molecule has 0 amide bonds. The fourth-order valence-electron chi connectivity index (χ4n) is 1.16. The van der Waals surface area contributed by atoms with E-state index in [-0.39, 0.29) is 0 Å². The number of nitrogens with two attached hydrogens (primary N) is 1. The molecule has 0 saturated heterocycles. The minimum Gasteiger partial charge on any atom is -0.399 e. The van der Waals surface area contributed by atoms with Crippen molar-refractivity contribution in [2.24, 2.45) is 0 Å². The van der Waals surface area contributed by atoms with E-state index < -0.39 is 0 Å². The predicted molar refractivity (Wildman–Crippen MR) is 72.8 cm³/mol. The highest BCUT2D eigenvalue weighted by atomic mass is 79.9. The Morgan fingerprint density at radius 1 is 1.44 bits per heavy atom. The van der Waals surface area contributed by atoms with Gasteiger partial charge < -0.3 is 5.73 Å². The van der Waals surface area contributed by atoms with Crippen LogP contribution in [0, 0.1) is 6.92 Å². The lowest BCUT2D eigenvalue weighted by Gasteiger charge is -2.03. The molecule has 3 nitrogen and oxygen atoms in total. The molecule has 0 aliphatic rings. The first-order valence-corrected chi connectivity index (χ1v) is 7.21. The molecular weight excluding hydrogens is 306 g/mol. The van der Waals surface area contributed by atoms with Gasteiger partial charge in [0.15, 0.2) is 4.34 Å². The average Bonchev–Trinajstić information content (AvgIpc) is 2.63. The van der Waals surface area contributed by atoms with Gasteiger partial charge in [-0.1, -0.05) is 45.1 Å². The summed E-state index contributed by atoms with van der Waals surface area (Å²) in [7, 11) is 0. The number of rotatable bonds is 3.